The van der Waals surface area contributed by atoms with E-state index < -0.39 is 6.10 Å². The molecule has 1 unspecified atom stereocenters. The second-order valence-electron chi connectivity index (χ2n) is 7.76. The van der Waals surface area contributed by atoms with Crippen molar-refractivity contribution in [3.05, 3.63) is 64.7 Å². The number of aliphatic hydroxyl groups excluding tert-OH is 1. The molecule has 1 aliphatic heterocycles. The Morgan fingerprint density at radius 3 is 2.03 bits per heavy atom. The van der Waals surface area contributed by atoms with Crippen LogP contribution in [0.1, 0.15) is 22.3 Å². The summed E-state index contributed by atoms with van der Waals surface area (Å²) in [7, 11) is 0. The van der Waals surface area contributed by atoms with Gasteiger partial charge < -0.3 is 9.84 Å². The Balaban J connectivity index is 0.00000210. The van der Waals surface area contributed by atoms with E-state index >= 15 is 0 Å². The Morgan fingerprint density at radius 1 is 0.897 bits per heavy atom. The number of piperazine rings is 1. The number of ether oxygens (including phenoxy) is 1. The summed E-state index contributed by atoms with van der Waals surface area (Å²) < 4.78 is 5.94. The van der Waals surface area contributed by atoms with Crippen molar-refractivity contribution in [3.8, 4) is 5.75 Å². The number of nitrogens with zero attached hydrogens (tertiary/aromatic N) is 2. The molecule has 4 nitrogen and oxygen atoms in total. The summed E-state index contributed by atoms with van der Waals surface area (Å²) in [6.45, 7) is 12.3. The molecule has 3 rings (SSSR count). The maximum absolute atomic E-state index is 10.4. The number of aliphatic hydroxyl groups is 1. The van der Waals surface area contributed by atoms with Gasteiger partial charge in [-0.2, -0.15) is 0 Å². The van der Waals surface area contributed by atoms with Crippen LogP contribution in [-0.4, -0.2) is 60.3 Å². The average Bonchev–Trinajstić information content (AvgIpc) is 2.63. The Labute approximate surface area is 187 Å². The van der Waals surface area contributed by atoms with Gasteiger partial charge in [0.1, 0.15) is 18.5 Å². The van der Waals surface area contributed by atoms with Crippen LogP contribution >= 0.6 is 24.8 Å². The van der Waals surface area contributed by atoms with Gasteiger partial charge in [0.05, 0.1) is 0 Å². The van der Waals surface area contributed by atoms with Gasteiger partial charge in [-0.3, -0.25) is 9.80 Å². The quantitative estimate of drug-likeness (QED) is 0.705. The van der Waals surface area contributed by atoms with Crippen molar-refractivity contribution in [2.45, 2.75) is 33.4 Å². The fraction of sp³-hybridized carbons (Fsp3) is 0.478. The molecular formula is C23H34Cl2N2O2. The molecule has 1 aliphatic rings. The number of rotatable bonds is 7. The van der Waals surface area contributed by atoms with E-state index in [1.807, 2.05) is 0 Å². The summed E-state index contributed by atoms with van der Waals surface area (Å²) in [4.78, 5) is 4.82. The summed E-state index contributed by atoms with van der Waals surface area (Å²) in [5, 5.41) is 10.4. The first-order valence-corrected chi connectivity index (χ1v) is 9.88. The molecule has 1 fully saturated rings. The first-order valence-electron chi connectivity index (χ1n) is 9.88. The molecule has 1 N–H and O–H groups in total. The summed E-state index contributed by atoms with van der Waals surface area (Å²) in [6, 6.07) is 14.9. The average molecular weight is 441 g/mol. The van der Waals surface area contributed by atoms with Crippen LogP contribution in [0, 0.1) is 20.8 Å². The Kier molecular flexibility index (Phi) is 11.0. The topological polar surface area (TPSA) is 35.9 Å². The number of hydrogen-bond donors (Lipinski definition) is 1. The maximum atomic E-state index is 10.4. The molecule has 2 aromatic rings. The van der Waals surface area contributed by atoms with Gasteiger partial charge in [-0.25, -0.2) is 0 Å². The van der Waals surface area contributed by atoms with Gasteiger partial charge in [0, 0.05) is 39.3 Å². The molecule has 0 radical (unpaired) electrons. The van der Waals surface area contributed by atoms with Gasteiger partial charge in [-0.05, 0) is 37.5 Å². The lowest BCUT2D eigenvalue weighted by Gasteiger charge is -2.35. The van der Waals surface area contributed by atoms with Crippen LogP contribution in [0.25, 0.3) is 0 Å². The maximum Gasteiger partial charge on any atom is 0.125 e. The van der Waals surface area contributed by atoms with E-state index in [1.165, 1.54) is 11.1 Å². The monoisotopic (exact) mass is 440 g/mol. The summed E-state index contributed by atoms with van der Waals surface area (Å²) in [6.07, 6.45) is -0.467. The zero-order chi connectivity index (χ0) is 19.2. The number of β-amino-alcohol motifs (C(OH)–C–C–N with tert-alkyl or cyclic N) is 1. The zero-order valence-electron chi connectivity index (χ0n) is 17.6. The summed E-state index contributed by atoms with van der Waals surface area (Å²) in [5.41, 5.74) is 4.87. The van der Waals surface area contributed by atoms with Gasteiger partial charge in [0.2, 0.25) is 0 Å². The van der Waals surface area contributed by atoms with Gasteiger partial charge in [0.25, 0.3) is 0 Å². The zero-order valence-corrected chi connectivity index (χ0v) is 19.3. The molecule has 0 aliphatic carbocycles. The predicted molar refractivity (Wildman–Crippen MR) is 125 cm³/mol. The normalized spacial score (nSPS) is 15.9. The second-order valence-corrected chi connectivity index (χ2v) is 7.76. The summed E-state index contributed by atoms with van der Waals surface area (Å²) in [5.74, 6) is 0.910. The number of hydrogen-bond acceptors (Lipinski definition) is 4. The van der Waals surface area contributed by atoms with E-state index in [9.17, 15) is 5.11 Å². The van der Waals surface area contributed by atoms with Crippen molar-refractivity contribution in [3.63, 3.8) is 0 Å². The second kappa shape index (κ2) is 12.4. The highest BCUT2D eigenvalue weighted by Gasteiger charge is 2.20. The molecule has 29 heavy (non-hydrogen) atoms. The largest absolute Gasteiger partial charge is 0.490 e. The minimum Gasteiger partial charge on any atom is -0.490 e. The molecule has 1 atom stereocenters. The highest BCUT2D eigenvalue weighted by Crippen LogP contribution is 2.24. The molecule has 0 saturated carbocycles. The van der Waals surface area contributed by atoms with Gasteiger partial charge >= 0.3 is 0 Å². The molecule has 6 heteroatoms. The third-order valence-corrected chi connectivity index (χ3v) is 5.21. The van der Waals surface area contributed by atoms with Gasteiger partial charge in [-0.1, -0.05) is 48.0 Å². The molecule has 1 saturated heterocycles. The Bertz CT molecular complexity index is 712. The van der Waals surface area contributed by atoms with E-state index in [2.05, 4.69) is 73.0 Å². The van der Waals surface area contributed by atoms with E-state index in [0.29, 0.717) is 13.2 Å². The predicted octanol–water partition coefficient (Wildman–Crippen LogP) is 4.01. The van der Waals surface area contributed by atoms with Crippen LogP contribution in [0.3, 0.4) is 0 Å². The fourth-order valence-corrected chi connectivity index (χ4v) is 3.90. The molecule has 0 bridgehead atoms. The Morgan fingerprint density at radius 2 is 1.45 bits per heavy atom. The van der Waals surface area contributed by atoms with Crippen molar-refractivity contribution in [1.82, 2.24) is 9.80 Å². The molecule has 1 heterocycles. The molecule has 0 spiro atoms. The number of benzene rings is 2. The number of halogens is 2. The van der Waals surface area contributed by atoms with Gasteiger partial charge in [-0.15, -0.1) is 24.8 Å². The minimum atomic E-state index is -0.467. The van der Waals surface area contributed by atoms with Crippen molar-refractivity contribution in [2.24, 2.45) is 0 Å². The van der Waals surface area contributed by atoms with Crippen LogP contribution < -0.4 is 4.74 Å². The van der Waals surface area contributed by atoms with E-state index in [-0.39, 0.29) is 24.8 Å². The standard InChI is InChI=1S/C23H32N2O2.2ClH/c1-18-13-19(2)23(20(3)14-18)27-17-22(26)16-25-11-9-24(10-12-25)15-21-7-5-4-6-8-21;;/h4-8,13-14,22,26H,9-12,15-17H2,1-3H3;2*1H. The van der Waals surface area contributed by atoms with Crippen LogP contribution in [0.15, 0.2) is 42.5 Å². The highest BCUT2D eigenvalue weighted by atomic mass is 35.5. The first-order chi connectivity index (χ1) is 13.0. The van der Waals surface area contributed by atoms with Crippen LogP contribution in [0.2, 0.25) is 0 Å². The van der Waals surface area contributed by atoms with Crippen LogP contribution in [0.5, 0.6) is 5.75 Å². The molecule has 0 aromatic heterocycles. The third kappa shape index (κ3) is 7.80. The molecular weight excluding hydrogens is 407 g/mol. The fourth-order valence-electron chi connectivity index (χ4n) is 3.90. The smallest absolute Gasteiger partial charge is 0.125 e. The Hall–Kier alpha value is -1.30. The van der Waals surface area contributed by atoms with Crippen LogP contribution in [-0.2, 0) is 6.54 Å². The van der Waals surface area contributed by atoms with Crippen LogP contribution in [0.4, 0.5) is 0 Å². The van der Waals surface area contributed by atoms with Crippen molar-refractivity contribution >= 4 is 24.8 Å². The van der Waals surface area contributed by atoms with Gasteiger partial charge in [0.15, 0.2) is 0 Å². The summed E-state index contributed by atoms with van der Waals surface area (Å²) >= 11 is 0. The lowest BCUT2D eigenvalue weighted by atomic mass is 10.1. The molecule has 162 valence electrons. The first kappa shape index (κ1) is 25.7. The SMILES string of the molecule is Cc1cc(C)c(OCC(O)CN2CCN(Cc3ccccc3)CC2)c(C)c1.Cl.Cl. The van der Waals surface area contributed by atoms with E-state index in [0.717, 1.165) is 49.6 Å². The van der Waals surface area contributed by atoms with Crippen molar-refractivity contribution in [1.29, 1.82) is 0 Å². The van der Waals surface area contributed by atoms with E-state index in [1.54, 1.807) is 0 Å². The van der Waals surface area contributed by atoms with Crippen molar-refractivity contribution in [2.75, 3.05) is 39.3 Å². The lowest BCUT2D eigenvalue weighted by Crippen LogP contribution is -2.48. The third-order valence-electron chi connectivity index (χ3n) is 5.21. The minimum absolute atomic E-state index is 0. The lowest BCUT2D eigenvalue weighted by molar-refractivity contribution is 0.0443. The number of aryl methyl sites for hydroxylation is 3. The molecule has 0 amide bonds. The highest BCUT2D eigenvalue weighted by molar-refractivity contribution is 5.85. The molecule has 2 aromatic carbocycles. The van der Waals surface area contributed by atoms with E-state index in [4.69, 9.17) is 4.74 Å². The van der Waals surface area contributed by atoms with Crippen molar-refractivity contribution < 1.29 is 9.84 Å².